The zero-order valence-electron chi connectivity index (χ0n) is 16.4. The van der Waals surface area contributed by atoms with Gasteiger partial charge in [-0.25, -0.2) is 4.39 Å². The van der Waals surface area contributed by atoms with E-state index in [4.69, 9.17) is 4.74 Å². The average Bonchev–Trinajstić information content (AvgIpc) is 2.68. The molecular formula is C25H27FO2. The fourth-order valence-electron chi connectivity index (χ4n) is 6.43. The van der Waals surface area contributed by atoms with Gasteiger partial charge in [0.2, 0.25) is 0 Å². The number of halogens is 1. The molecule has 0 amide bonds. The second-order valence-corrected chi connectivity index (χ2v) is 9.25. The van der Waals surface area contributed by atoms with Gasteiger partial charge in [-0.1, -0.05) is 19.1 Å². The Hall–Kier alpha value is -2.16. The summed E-state index contributed by atoms with van der Waals surface area (Å²) in [4.78, 5) is 11.7. The van der Waals surface area contributed by atoms with E-state index in [1.54, 1.807) is 19.1 Å². The number of Topliss-reactive ketones (excluding diaryl/α,β-unsaturated/α-hetero) is 1. The van der Waals surface area contributed by atoms with E-state index in [2.05, 4.69) is 12.1 Å². The Bertz CT molecular complexity index is 864. The number of carbonyl (C=O) groups excluding carboxylic acids is 1. The van der Waals surface area contributed by atoms with Gasteiger partial charge in [-0.05, 0) is 97.6 Å². The van der Waals surface area contributed by atoms with Gasteiger partial charge < -0.3 is 4.74 Å². The van der Waals surface area contributed by atoms with Crippen LogP contribution in [0.25, 0.3) is 0 Å². The normalized spacial score (nSPS) is 30.4. The third-order valence-electron chi connectivity index (χ3n) is 7.31. The molecule has 3 heteroatoms. The van der Waals surface area contributed by atoms with Crippen molar-refractivity contribution in [1.82, 2.24) is 0 Å². The van der Waals surface area contributed by atoms with Crippen molar-refractivity contribution in [3.8, 4) is 11.5 Å². The molecule has 0 N–H and O–H groups in total. The summed E-state index contributed by atoms with van der Waals surface area (Å²) in [5, 5.41) is 0. The van der Waals surface area contributed by atoms with Crippen LogP contribution in [-0.2, 0) is 5.41 Å². The highest BCUT2D eigenvalue weighted by Gasteiger charge is 2.51. The highest BCUT2D eigenvalue weighted by molar-refractivity contribution is 5.95. The lowest BCUT2D eigenvalue weighted by Crippen LogP contribution is -2.48. The van der Waals surface area contributed by atoms with Crippen molar-refractivity contribution < 1.29 is 13.9 Å². The molecule has 0 radical (unpaired) electrons. The minimum Gasteiger partial charge on any atom is -0.454 e. The summed E-state index contributed by atoms with van der Waals surface area (Å²) in [5.41, 5.74) is 2.19. The van der Waals surface area contributed by atoms with Crippen molar-refractivity contribution in [1.29, 1.82) is 0 Å². The third kappa shape index (κ3) is 3.05. The summed E-state index contributed by atoms with van der Waals surface area (Å²) in [6, 6.07) is 12.8. The Morgan fingerprint density at radius 3 is 2.14 bits per heavy atom. The number of ether oxygens (including phenoxy) is 1. The van der Waals surface area contributed by atoms with Crippen molar-refractivity contribution in [3.05, 3.63) is 59.4 Å². The van der Waals surface area contributed by atoms with E-state index in [0.29, 0.717) is 23.1 Å². The molecule has 6 rings (SSSR count). The molecule has 4 bridgehead atoms. The number of hydrogen-bond acceptors (Lipinski definition) is 2. The van der Waals surface area contributed by atoms with Gasteiger partial charge in [0.1, 0.15) is 5.75 Å². The fourth-order valence-corrected chi connectivity index (χ4v) is 6.43. The van der Waals surface area contributed by atoms with E-state index < -0.39 is 5.82 Å². The third-order valence-corrected chi connectivity index (χ3v) is 7.31. The molecule has 0 unspecified atom stereocenters. The smallest absolute Gasteiger partial charge is 0.166 e. The molecule has 4 saturated carbocycles. The summed E-state index contributed by atoms with van der Waals surface area (Å²) in [7, 11) is 0. The van der Waals surface area contributed by atoms with Crippen molar-refractivity contribution in [2.24, 2.45) is 17.8 Å². The highest BCUT2D eigenvalue weighted by Crippen LogP contribution is 2.60. The predicted octanol–water partition coefficient (Wildman–Crippen LogP) is 6.68. The number of carbonyl (C=O) groups is 1. The van der Waals surface area contributed by atoms with E-state index >= 15 is 0 Å². The first-order valence-electron chi connectivity index (χ1n) is 10.7. The van der Waals surface area contributed by atoms with Crippen LogP contribution >= 0.6 is 0 Å². The summed E-state index contributed by atoms with van der Waals surface area (Å²) in [5.74, 6) is 2.99. The molecule has 28 heavy (non-hydrogen) atoms. The van der Waals surface area contributed by atoms with Crippen LogP contribution in [0.5, 0.6) is 11.5 Å². The fraction of sp³-hybridized carbons (Fsp3) is 0.480. The van der Waals surface area contributed by atoms with Gasteiger partial charge in [0, 0.05) is 12.0 Å². The minimum absolute atomic E-state index is 0.0645. The van der Waals surface area contributed by atoms with Crippen LogP contribution in [-0.4, -0.2) is 5.78 Å². The minimum atomic E-state index is -0.496. The molecule has 0 aliphatic heterocycles. The summed E-state index contributed by atoms with van der Waals surface area (Å²) >= 11 is 0. The molecule has 0 saturated heterocycles. The van der Waals surface area contributed by atoms with Gasteiger partial charge >= 0.3 is 0 Å². The monoisotopic (exact) mass is 378 g/mol. The summed E-state index contributed by atoms with van der Waals surface area (Å²) < 4.78 is 20.1. The zero-order valence-corrected chi connectivity index (χ0v) is 16.4. The number of benzene rings is 2. The van der Waals surface area contributed by atoms with Gasteiger partial charge in [-0.3, -0.25) is 4.79 Å². The zero-order chi connectivity index (χ0) is 19.3. The molecule has 4 fully saturated rings. The molecule has 2 aromatic rings. The van der Waals surface area contributed by atoms with E-state index in [1.807, 2.05) is 12.1 Å². The Kier molecular flexibility index (Phi) is 4.30. The van der Waals surface area contributed by atoms with Crippen LogP contribution in [0.15, 0.2) is 42.5 Å². The predicted molar refractivity (Wildman–Crippen MR) is 107 cm³/mol. The maximum absolute atomic E-state index is 14.3. The Morgan fingerprint density at radius 2 is 1.61 bits per heavy atom. The van der Waals surface area contributed by atoms with Gasteiger partial charge in [0.15, 0.2) is 17.3 Å². The van der Waals surface area contributed by atoms with E-state index in [-0.39, 0.29) is 11.5 Å². The first kappa shape index (κ1) is 17.9. The standard InChI is InChI=1S/C25H27FO2/c1-2-23(27)19-3-8-24(22(26)12-19)28-21-6-4-20(5-7-21)25-13-16-9-17(14-25)11-18(10-16)15-25/h3-8,12,16-18H,2,9-11,13-15H2,1H3. The molecule has 0 atom stereocenters. The Morgan fingerprint density at radius 1 is 1.00 bits per heavy atom. The van der Waals surface area contributed by atoms with Crippen molar-refractivity contribution in [2.45, 2.75) is 57.3 Å². The SMILES string of the molecule is CCC(=O)c1ccc(Oc2ccc(C34CC5CC(CC(C5)C3)C4)cc2)c(F)c1. The average molecular weight is 378 g/mol. The van der Waals surface area contributed by atoms with Crippen LogP contribution in [0.2, 0.25) is 0 Å². The molecule has 4 aliphatic rings. The van der Waals surface area contributed by atoms with Crippen molar-refractivity contribution in [2.75, 3.05) is 0 Å². The van der Waals surface area contributed by atoms with Gasteiger partial charge in [-0.2, -0.15) is 0 Å². The molecule has 2 nitrogen and oxygen atoms in total. The molecule has 2 aromatic carbocycles. The Balaban J connectivity index is 1.34. The van der Waals surface area contributed by atoms with Gasteiger partial charge in [0.05, 0.1) is 0 Å². The van der Waals surface area contributed by atoms with Crippen molar-refractivity contribution in [3.63, 3.8) is 0 Å². The number of hydrogen-bond donors (Lipinski definition) is 0. The van der Waals surface area contributed by atoms with Crippen LogP contribution in [0.3, 0.4) is 0 Å². The lowest BCUT2D eigenvalue weighted by atomic mass is 9.48. The van der Waals surface area contributed by atoms with E-state index in [0.717, 1.165) is 17.8 Å². The second kappa shape index (κ2) is 6.72. The maximum atomic E-state index is 14.3. The topological polar surface area (TPSA) is 26.3 Å². The summed E-state index contributed by atoms with van der Waals surface area (Å²) in [6.07, 6.45) is 8.69. The lowest BCUT2D eigenvalue weighted by Gasteiger charge is -2.57. The molecule has 0 aromatic heterocycles. The van der Waals surface area contributed by atoms with E-state index in [1.165, 1.54) is 50.2 Å². The highest BCUT2D eigenvalue weighted by atomic mass is 19.1. The largest absolute Gasteiger partial charge is 0.454 e. The van der Waals surface area contributed by atoms with Crippen LogP contribution in [0.4, 0.5) is 4.39 Å². The second-order valence-electron chi connectivity index (χ2n) is 9.25. The Labute approximate surface area is 166 Å². The lowest BCUT2D eigenvalue weighted by molar-refractivity contribution is -0.00520. The van der Waals surface area contributed by atoms with Crippen LogP contribution in [0, 0.1) is 23.6 Å². The molecular weight excluding hydrogens is 351 g/mol. The van der Waals surface area contributed by atoms with Crippen molar-refractivity contribution >= 4 is 5.78 Å². The van der Waals surface area contributed by atoms with Crippen LogP contribution < -0.4 is 4.74 Å². The quantitative estimate of drug-likeness (QED) is 0.543. The first-order chi connectivity index (χ1) is 13.5. The number of ketones is 1. The first-order valence-corrected chi connectivity index (χ1v) is 10.7. The number of rotatable bonds is 5. The maximum Gasteiger partial charge on any atom is 0.166 e. The van der Waals surface area contributed by atoms with Gasteiger partial charge in [0.25, 0.3) is 0 Å². The molecule has 0 heterocycles. The molecule has 146 valence electrons. The van der Waals surface area contributed by atoms with Gasteiger partial charge in [-0.15, -0.1) is 0 Å². The van der Waals surface area contributed by atoms with Crippen LogP contribution in [0.1, 0.15) is 67.8 Å². The molecule has 0 spiro atoms. The molecule has 4 aliphatic carbocycles. The summed E-state index contributed by atoms with van der Waals surface area (Å²) in [6.45, 7) is 1.77. The van der Waals surface area contributed by atoms with E-state index in [9.17, 15) is 9.18 Å².